The van der Waals surface area contributed by atoms with E-state index in [-0.39, 0.29) is 0 Å². The monoisotopic (exact) mass is 393 g/mol. The zero-order valence-corrected chi connectivity index (χ0v) is 14.6. The molecule has 1 heterocycles. The van der Waals surface area contributed by atoms with E-state index >= 15 is 0 Å². The molecule has 0 amide bonds. The second-order valence-corrected chi connectivity index (χ2v) is 7.79. The highest BCUT2D eigenvalue weighted by Crippen LogP contribution is 2.38. The largest absolute Gasteiger partial charge is 0.366 e. The predicted molar refractivity (Wildman–Crippen MR) is 88.6 cm³/mol. The van der Waals surface area contributed by atoms with E-state index in [2.05, 4.69) is 58.6 Å². The summed E-state index contributed by atoms with van der Waals surface area (Å²) >= 11 is 8.35. The summed E-state index contributed by atoms with van der Waals surface area (Å²) < 4.78 is 0.806. The molecule has 5 heteroatoms. The Morgan fingerprint density at radius 1 is 1.21 bits per heavy atom. The van der Waals surface area contributed by atoms with Crippen LogP contribution in [0, 0.1) is 15.0 Å². The fourth-order valence-electron chi connectivity index (χ4n) is 2.75. The van der Waals surface area contributed by atoms with Gasteiger partial charge in [-0.3, -0.25) is 0 Å². The minimum absolute atomic E-state index is 0.424. The molecule has 0 atom stereocenters. The van der Waals surface area contributed by atoms with Crippen molar-refractivity contribution in [2.24, 2.45) is 11.3 Å². The highest BCUT2D eigenvalue weighted by Gasteiger charge is 2.29. The molecule has 1 aromatic heterocycles. The first-order valence-corrected chi connectivity index (χ1v) is 8.26. The summed E-state index contributed by atoms with van der Waals surface area (Å²) in [5, 5.41) is 4.11. The van der Waals surface area contributed by atoms with Crippen LogP contribution in [0.25, 0.3) is 0 Å². The second-order valence-electron chi connectivity index (χ2n) is 6.39. The fourth-order valence-corrected chi connectivity index (χ4v) is 3.28. The molecule has 106 valence electrons. The molecular formula is C14H21ClIN3. The molecule has 0 bridgehead atoms. The van der Waals surface area contributed by atoms with E-state index in [9.17, 15) is 0 Å². The molecule has 0 unspecified atom stereocenters. The van der Waals surface area contributed by atoms with Crippen molar-refractivity contribution in [1.82, 2.24) is 9.97 Å². The van der Waals surface area contributed by atoms with Gasteiger partial charge in [0.15, 0.2) is 0 Å². The molecule has 19 heavy (non-hydrogen) atoms. The van der Waals surface area contributed by atoms with E-state index in [1.807, 2.05) is 0 Å². The Balaban J connectivity index is 1.94. The van der Waals surface area contributed by atoms with Gasteiger partial charge in [0.05, 0.1) is 0 Å². The molecule has 1 aromatic rings. The van der Waals surface area contributed by atoms with E-state index in [1.165, 1.54) is 25.7 Å². The lowest BCUT2D eigenvalue weighted by molar-refractivity contribution is 0.173. The van der Waals surface area contributed by atoms with Gasteiger partial charge in [0, 0.05) is 6.04 Å². The quantitative estimate of drug-likeness (QED) is 0.582. The van der Waals surface area contributed by atoms with E-state index in [0.717, 1.165) is 15.4 Å². The number of nitrogens with one attached hydrogen (secondary N) is 1. The van der Waals surface area contributed by atoms with Crippen LogP contribution < -0.4 is 5.32 Å². The third-order valence-electron chi connectivity index (χ3n) is 4.04. The first-order chi connectivity index (χ1) is 8.88. The van der Waals surface area contributed by atoms with Crippen LogP contribution in [-0.2, 0) is 0 Å². The number of nitrogens with zero attached hydrogens (tertiary/aromatic N) is 2. The van der Waals surface area contributed by atoms with Gasteiger partial charge in [0.25, 0.3) is 0 Å². The molecule has 2 rings (SSSR count). The molecule has 0 saturated heterocycles. The van der Waals surface area contributed by atoms with Crippen LogP contribution in [0.4, 0.5) is 5.82 Å². The maximum Gasteiger partial charge on any atom is 0.149 e. The maximum absolute atomic E-state index is 6.22. The number of rotatable bonds is 2. The standard InChI is InChI=1S/C14H21ClIN3/c1-14(2,3)9-4-6-10(7-5-9)19-13-11(15)12(16)17-8-18-13/h8-10H,4-7H2,1-3H3,(H,17,18,19)/t9-,10+. The average Bonchev–Trinajstić information content (AvgIpc) is 2.35. The SMILES string of the molecule is CC(C)(C)[C@H]1CC[C@@H](Nc2ncnc(I)c2Cl)CC1. The van der Waals surface area contributed by atoms with Crippen molar-refractivity contribution in [3.8, 4) is 0 Å². The molecule has 1 aliphatic carbocycles. The molecule has 1 fully saturated rings. The van der Waals surface area contributed by atoms with E-state index in [1.54, 1.807) is 6.33 Å². The van der Waals surface area contributed by atoms with Crippen LogP contribution in [0.1, 0.15) is 46.5 Å². The number of hydrogen-bond acceptors (Lipinski definition) is 3. The molecule has 0 aromatic carbocycles. The smallest absolute Gasteiger partial charge is 0.149 e. The van der Waals surface area contributed by atoms with Gasteiger partial charge in [0.2, 0.25) is 0 Å². The van der Waals surface area contributed by atoms with Crippen molar-refractivity contribution in [2.45, 2.75) is 52.5 Å². The summed E-state index contributed by atoms with van der Waals surface area (Å²) in [6.07, 6.45) is 6.51. The first-order valence-electron chi connectivity index (χ1n) is 6.80. The molecule has 3 nitrogen and oxygen atoms in total. The highest BCUT2D eigenvalue weighted by molar-refractivity contribution is 14.1. The molecule has 0 spiro atoms. The van der Waals surface area contributed by atoms with Crippen LogP contribution in [0.3, 0.4) is 0 Å². The number of anilines is 1. The Morgan fingerprint density at radius 2 is 1.84 bits per heavy atom. The Morgan fingerprint density at radius 3 is 2.42 bits per heavy atom. The van der Waals surface area contributed by atoms with Gasteiger partial charge in [-0.2, -0.15) is 0 Å². The third-order valence-corrected chi connectivity index (χ3v) is 5.53. The van der Waals surface area contributed by atoms with Crippen molar-refractivity contribution in [3.63, 3.8) is 0 Å². The summed E-state index contributed by atoms with van der Waals surface area (Å²) in [5.41, 5.74) is 0.424. The molecular weight excluding hydrogens is 373 g/mol. The fraction of sp³-hybridized carbons (Fsp3) is 0.714. The zero-order chi connectivity index (χ0) is 14.0. The van der Waals surface area contributed by atoms with Gasteiger partial charge in [-0.1, -0.05) is 32.4 Å². The summed E-state index contributed by atoms with van der Waals surface area (Å²) in [7, 11) is 0. The highest BCUT2D eigenvalue weighted by atomic mass is 127. The Labute approximate surface area is 134 Å². The zero-order valence-electron chi connectivity index (χ0n) is 11.7. The van der Waals surface area contributed by atoms with Crippen molar-refractivity contribution >= 4 is 40.0 Å². The minimum atomic E-state index is 0.424. The van der Waals surface area contributed by atoms with Crippen molar-refractivity contribution in [2.75, 3.05) is 5.32 Å². The van der Waals surface area contributed by atoms with Crippen molar-refractivity contribution in [3.05, 3.63) is 15.1 Å². The number of hydrogen-bond donors (Lipinski definition) is 1. The Hall–Kier alpha value is -0.100. The van der Waals surface area contributed by atoms with Crippen LogP contribution in [0.5, 0.6) is 0 Å². The van der Waals surface area contributed by atoms with Gasteiger partial charge < -0.3 is 5.32 Å². The lowest BCUT2D eigenvalue weighted by Gasteiger charge is -2.37. The van der Waals surface area contributed by atoms with Crippen LogP contribution in [-0.4, -0.2) is 16.0 Å². The molecule has 1 aliphatic rings. The average molecular weight is 394 g/mol. The van der Waals surface area contributed by atoms with E-state index in [0.29, 0.717) is 16.5 Å². The summed E-state index contributed by atoms with van der Waals surface area (Å²) in [6, 6.07) is 0.488. The normalized spacial score (nSPS) is 24.3. The van der Waals surface area contributed by atoms with Gasteiger partial charge in [-0.05, 0) is 59.6 Å². The second kappa shape index (κ2) is 6.12. The van der Waals surface area contributed by atoms with Crippen LogP contribution in [0.2, 0.25) is 5.02 Å². The molecule has 0 aliphatic heterocycles. The third kappa shape index (κ3) is 3.94. The molecule has 1 N–H and O–H groups in total. The molecule has 1 saturated carbocycles. The van der Waals surface area contributed by atoms with Gasteiger partial charge in [-0.15, -0.1) is 0 Å². The minimum Gasteiger partial charge on any atom is -0.366 e. The topological polar surface area (TPSA) is 37.8 Å². The van der Waals surface area contributed by atoms with Gasteiger partial charge >= 0.3 is 0 Å². The Bertz CT molecular complexity index is 437. The van der Waals surface area contributed by atoms with E-state index < -0.39 is 0 Å². The summed E-state index contributed by atoms with van der Waals surface area (Å²) in [4.78, 5) is 8.32. The summed E-state index contributed by atoms with van der Waals surface area (Å²) in [5.74, 6) is 1.60. The maximum atomic E-state index is 6.22. The lowest BCUT2D eigenvalue weighted by atomic mass is 9.71. The Kier molecular flexibility index (Phi) is 4.93. The molecule has 0 radical (unpaired) electrons. The predicted octanol–water partition coefficient (Wildman–Crippen LogP) is 4.75. The first kappa shape index (κ1) is 15.3. The van der Waals surface area contributed by atoms with E-state index in [4.69, 9.17) is 11.6 Å². The lowest BCUT2D eigenvalue weighted by Crippen LogP contribution is -2.31. The summed E-state index contributed by atoms with van der Waals surface area (Å²) in [6.45, 7) is 7.03. The van der Waals surface area contributed by atoms with Crippen molar-refractivity contribution in [1.29, 1.82) is 0 Å². The number of aromatic nitrogens is 2. The van der Waals surface area contributed by atoms with Crippen molar-refractivity contribution < 1.29 is 0 Å². The van der Waals surface area contributed by atoms with Gasteiger partial charge in [0.1, 0.15) is 20.9 Å². The van der Waals surface area contributed by atoms with Crippen LogP contribution >= 0.6 is 34.2 Å². The van der Waals surface area contributed by atoms with Gasteiger partial charge in [-0.25, -0.2) is 9.97 Å². The number of halogens is 2. The van der Waals surface area contributed by atoms with Crippen LogP contribution in [0.15, 0.2) is 6.33 Å².